The largest absolute Gasteiger partial charge is 0.505 e. The highest BCUT2D eigenvalue weighted by Gasteiger charge is 2.11. The molecule has 0 bridgehead atoms. The predicted octanol–water partition coefficient (Wildman–Crippen LogP) is 4.35. The highest BCUT2D eigenvalue weighted by molar-refractivity contribution is 6.43. The lowest BCUT2D eigenvalue weighted by atomic mass is 10.2. The predicted molar refractivity (Wildman–Crippen MR) is 87.6 cm³/mol. The Morgan fingerprint density at radius 3 is 2.82 bits per heavy atom. The monoisotopic (exact) mass is 335 g/mol. The minimum atomic E-state index is -0.176. The smallest absolute Gasteiger partial charge is 0.159 e. The maximum absolute atomic E-state index is 9.78. The maximum atomic E-state index is 9.78. The van der Waals surface area contributed by atoms with Gasteiger partial charge in [0.05, 0.1) is 27.4 Å². The van der Waals surface area contributed by atoms with Gasteiger partial charge >= 0.3 is 0 Å². The van der Waals surface area contributed by atoms with Gasteiger partial charge in [-0.05, 0) is 18.9 Å². The molecule has 0 spiro atoms. The number of ether oxygens (including phenoxy) is 1. The van der Waals surface area contributed by atoms with Crippen LogP contribution in [0.15, 0.2) is 35.3 Å². The van der Waals surface area contributed by atoms with E-state index in [-0.39, 0.29) is 29.5 Å². The summed E-state index contributed by atoms with van der Waals surface area (Å²) >= 11 is 12.0. The summed E-state index contributed by atoms with van der Waals surface area (Å²) in [5.41, 5.74) is 1.02. The number of phenolic OH excluding ortho intramolecular Hbond substituents is 1. The van der Waals surface area contributed by atoms with Crippen LogP contribution in [-0.2, 0) is 0 Å². The molecule has 0 atom stereocenters. The normalized spacial score (nSPS) is 9.86. The Morgan fingerprint density at radius 2 is 2.14 bits per heavy atom. The highest BCUT2D eigenvalue weighted by Crippen LogP contribution is 2.37. The summed E-state index contributed by atoms with van der Waals surface area (Å²) in [6.07, 6.45) is 0. The first kappa shape index (κ1) is 16.0. The molecule has 7 heteroatoms. The van der Waals surface area contributed by atoms with Crippen molar-refractivity contribution in [1.82, 2.24) is 0 Å². The van der Waals surface area contributed by atoms with E-state index in [1.54, 1.807) is 18.2 Å². The molecule has 0 aliphatic rings. The van der Waals surface area contributed by atoms with E-state index < -0.39 is 0 Å². The van der Waals surface area contributed by atoms with E-state index in [4.69, 9.17) is 33.2 Å². The Bertz CT molecular complexity index is 757. The number of nitrogens with one attached hydrogen (secondary N) is 1. The van der Waals surface area contributed by atoms with Gasteiger partial charge in [-0.15, -0.1) is 0 Å². The molecular weight excluding hydrogens is 325 g/mol. The lowest BCUT2D eigenvalue weighted by molar-refractivity contribution is 0.345. The molecule has 0 saturated carbocycles. The van der Waals surface area contributed by atoms with Crippen molar-refractivity contribution in [1.29, 1.82) is 5.26 Å². The van der Waals surface area contributed by atoms with Crippen molar-refractivity contribution in [2.45, 2.75) is 0 Å². The number of nitriles is 1. The summed E-state index contributed by atoms with van der Waals surface area (Å²) < 4.78 is 5.49. The Labute approximate surface area is 137 Å². The zero-order valence-corrected chi connectivity index (χ0v) is 12.8. The molecule has 2 N–H and O–H groups in total. The van der Waals surface area contributed by atoms with Crippen molar-refractivity contribution in [3.63, 3.8) is 0 Å². The first-order valence-corrected chi connectivity index (χ1v) is 6.87. The Morgan fingerprint density at radius 1 is 1.36 bits per heavy atom. The average Bonchev–Trinajstić information content (AvgIpc) is 2.51. The molecule has 0 fully saturated rings. The molecule has 5 nitrogen and oxygen atoms in total. The Hall–Kier alpha value is -2.42. The second kappa shape index (κ2) is 7.03. The molecule has 2 aromatic rings. The standard InChI is InChI=1S/C15H11Cl2N3O2/c1-19-15-12(21)5-9(7-18)6-13(15)22-8-20-11-4-2-3-10(16)14(11)17/h2-6,20-21H,1,8H2. The number of aliphatic imine (C=N–C) groups is 1. The van der Waals surface area contributed by atoms with Crippen molar-refractivity contribution in [2.24, 2.45) is 4.99 Å². The van der Waals surface area contributed by atoms with E-state index in [9.17, 15) is 5.11 Å². The molecule has 22 heavy (non-hydrogen) atoms. The molecule has 0 heterocycles. The van der Waals surface area contributed by atoms with Gasteiger partial charge in [-0.1, -0.05) is 29.3 Å². The number of anilines is 1. The third-order valence-corrected chi connectivity index (χ3v) is 3.60. The second-order valence-corrected chi connectivity index (χ2v) is 4.96. The van der Waals surface area contributed by atoms with Crippen LogP contribution >= 0.6 is 23.2 Å². The van der Waals surface area contributed by atoms with Crippen LogP contribution in [0.4, 0.5) is 11.4 Å². The molecular formula is C15H11Cl2N3O2. The lowest BCUT2D eigenvalue weighted by Gasteiger charge is -2.13. The van der Waals surface area contributed by atoms with E-state index in [0.29, 0.717) is 15.7 Å². The number of rotatable bonds is 5. The number of nitrogens with zero attached hydrogens (tertiary/aromatic N) is 2. The van der Waals surface area contributed by atoms with Crippen LogP contribution in [-0.4, -0.2) is 18.6 Å². The van der Waals surface area contributed by atoms with Gasteiger partial charge in [0.15, 0.2) is 12.5 Å². The summed E-state index contributed by atoms with van der Waals surface area (Å²) in [5.74, 6) is 0.0574. The van der Waals surface area contributed by atoms with Crippen molar-refractivity contribution in [2.75, 3.05) is 12.0 Å². The van der Waals surface area contributed by atoms with Gasteiger partial charge < -0.3 is 15.2 Å². The number of halogens is 2. The molecule has 0 aromatic heterocycles. The van der Waals surface area contributed by atoms with E-state index in [1.807, 2.05) is 6.07 Å². The van der Waals surface area contributed by atoms with Gasteiger partial charge in [0.25, 0.3) is 0 Å². The van der Waals surface area contributed by atoms with Crippen molar-refractivity contribution in [3.05, 3.63) is 45.9 Å². The molecule has 0 unspecified atom stereocenters. The number of hydrogen-bond acceptors (Lipinski definition) is 5. The molecule has 0 saturated heterocycles. The third-order valence-electron chi connectivity index (χ3n) is 2.78. The maximum Gasteiger partial charge on any atom is 0.159 e. The first-order chi connectivity index (χ1) is 10.6. The fourth-order valence-corrected chi connectivity index (χ4v) is 2.13. The highest BCUT2D eigenvalue weighted by atomic mass is 35.5. The van der Waals surface area contributed by atoms with Gasteiger partial charge in [-0.2, -0.15) is 5.26 Å². The molecule has 0 aliphatic carbocycles. The van der Waals surface area contributed by atoms with E-state index >= 15 is 0 Å². The first-order valence-electron chi connectivity index (χ1n) is 6.11. The summed E-state index contributed by atoms with van der Waals surface area (Å²) in [4.78, 5) is 3.69. The van der Waals surface area contributed by atoms with Crippen LogP contribution in [0.5, 0.6) is 11.5 Å². The summed E-state index contributed by atoms with van der Waals surface area (Å²) in [6, 6.07) is 9.84. The van der Waals surface area contributed by atoms with Crippen molar-refractivity contribution < 1.29 is 9.84 Å². The van der Waals surface area contributed by atoms with Crippen LogP contribution in [0.25, 0.3) is 0 Å². The third kappa shape index (κ3) is 3.42. The van der Waals surface area contributed by atoms with Crippen LogP contribution < -0.4 is 10.1 Å². The SMILES string of the molecule is C=Nc1c(O)cc(C#N)cc1OCNc1cccc(Cl)c1Cl. The zero-order valence-electron chi connectivity index (χ0n) is 11.3. The summed E-state index contributed by atoms with van der Waals surface area (Å²) in [5, 5.41) is 22.4. The van der Waals surface area contributed by atoms with Gasteiger partial charge in [0, 0.05) is 12.1 Å². The Balaban J connectivity index is 2.15. The van der Waals surface area contributed by atoms with Gasteiger partial charge in [-0.25, -0.2) is 0 Å². The van der Waals surface area contributed by atoms with Crippen LogP contribution in [0.2, 0.25) is 10.0 Å². The van der Waals surface area contributed by atoms with E-state index in [0.717, 1.165) is 0 Å². The number of hydrogen-bond donors (Lipinski definition) is 2. The molecule has 112 valence electrons. The zero-order chi connectivity index (χ0) is 16.1. The number of phenols is 1. The van der Waals surface area contributed by atoms with Gasteiger partial charge in [-0.3, -0.25) is 4.99 Å². The second-order valence-electron chi connectivity index (χ2n) is 4.18. The topological polar surface area (TPSA) is 77.6 Å². The Kier molecular flexibility index (Phi) is 5.10. The minimum Gasteiger partial charge on any atom is -0.505 e. The van der Waals surface area contributed by atoms with Gasteiger partial charge in [0.2, 0.25) is 0 Å². The van der Waals surface area contributed by atoms with Crippen LogP contribution in [0.3, 0.4) is 0 Å². The van der Waals surface area contributed by atoms with E-state index in [1.165, 1.54) is 12.1 Å². The molecule has 2 rings (SSSR count). The quantitative estimate of drug-likeness (QED) is 0.628. The molecule has 0 radical (unpaired) electrons. The fourth-order valence-electron chi connectivity index (χ4n) is 1.76. The summed E-state index contributed by atoms with van der Waals surface area (Å²) in [7, 11) is 0. The summed E-state index contributed by atoms with van der Waals surface area (Å²) in [6.45, 7) is 3.41. The van der Waals surface area contributed by atoms with E-state index in [2.05, 4.69) is 17.0 Å². The fraction of sp³-hybridized carbons (Fsp3) is 0.0667. The molecule has 2 aromatic carbocycles. The average molecular weight is 336 g/mol. The van der Waals surface area contributed by atoms with Gasteiger partial charge in [0.1, 0.15) is 11.4 Å². The van der Waals surface area contributed by atoms with Crippen LogP contribution in [0, 0.1) is 11.3 Å². The minimum absolute atomic E-state index is 0.0386. The molecule has 0 amide bonds. The lowest BCUT2D eigenvalue weighted by Crippen LogP contribution is -2.09. The van der Waals surface area contributed by atoms with Crippen molar-refractivity contribution in [3.8, 4) is 17.6 Å². The molecule has 0 aliphatic heterocycles. The number of benzene rings is 2. The van der Waals surface area contributed by atoms with Crippen LogP contribution in [0.1, 0.15) is 5.56 Å². The van der Waals surface area contributed by atoms with Crippen molar-refractivity contribution >= 4 is 41.3 Å². The number of aromatic hydroxyl groups is 1.